The molecule has 0 spiro atoms. The van der Waals surface area contributed by atoms with Gasteiger partial charge in [0.05, 0.1) is 5.69 Å². The first kappa shape index (κ1) is 16.0. The Balaban J connectivity index is 1.77. The van der Waals surface area contributed by atoms with Gasteiger partial charge in [-0.25, -0.2) is 0 Å². The van der Waals surface area contributed by atoms with E-state index in [9.17, 15) is 9.00 Å². The van der Waals surface area contributed by atoms with Gasteiger partial charge in [0.15, 0.2) is 0 Å². The van der Waals surface area contributed by atoms with Crippen molar-refractivity contribution in [1.82, 2.24) is 20.2 Å². The predicted molar refractivity (Wildman–Crippen MR) is 90.3 cm³/mol. The predicted octanol–water partition coefficient (Wildman–Crippen LogP) is 1.43. The Bertz CT molecular complexity index is 851. The summed E-state index contributed by atoms with van der Waals surface area (Å²) in [5.41, 5.74) is 1.43. The van der Waals surface area contributed by atoms with E-state index in [2.05, 4.69) is 15.5 Å². The van der Waals surface area contributed by atoms with Gasteiger partial charge in [0.1, 0.15) is 16.6 Å². The van der Waals surface area contributed by atoms with Gasteiger partial charge in [0, 0.05) is 12.7 Å². The smallest absolute Gasteiger partial charge is 0.244 e. The van der Waals surface area contributed by atoms with Crippen molar-refractivity contribution < 1.29 is 9.00 Å². The molecule has 8 heteroatoms. The fourth-order valence-corrected chi connectivity index (χ4v) is 3.13. The Morgan fingerprint density at radius 3 is 2.38 bits per heavy atom. The first-order valence-corrected chi connectivity index (χ1v) is 8.52. The molecule has 1 aromatic heterocycles. The summed E-state index contributed by atoms with van der Waals surface area (Å²) in [5, 5.41) is 11.4. The number of nitrogens with zero attached hydrogens (tertiary/aromatic N) is 5. The van der Waals surface area contributed by atoms with E-state index < -0.39 is 10.8 Å². The van der Waals surface area contributed by atoms with Crippen LogP contribution >= 0.6 is 0 Å². The lowest BCUT2D eigenvalue weighted by Gasteiger charge is -2.16. The fraction of sp³-hybridized carbons (Fsp3) is 0.125. The highest BCUT2D eigenvalue weighted by Gasteiger charge is 2.21. The maximum Gasteiger partial charge on any atom is 0.244 e. The number of hydrogen-bond acceptors (Lipinski definition) is 5. The summed E-state index contributed by atoms with van der Waals surface area (Å²) in [7, 11) is -0.00528. The van der Waals surface area contributed by atoms with Crippen molar-refractivity contribution in [2.24, 2.45) is 0 Å². The quantitative estimate of drug-likeness (QED) is 0.701. The molecule has 0 radical (unpaired) electrons. The molecule has 0 saturated carbocycles. The summed E-state index contributed by atoms with van der Waals surface area (Å²) in [6.07, 6.45) is 0. The zero-order valence-electron chi connectivity index (χ0n) is 12.9. The summed E-state index contributed by atoms with van der Waals surface area (Å²) in [6.45, 7) is 0. The van der Waals surface area contributed by atoms with Gasteiger partial charge in [-0.1, -0.05) is 41.5 Å². The van der Waals surface area contributed by atoms with Crippen LogP contribution in [0.25, 0.3) is 5.69 Å². The maximum atomic E-state index is 12.5. The third-order valence-corrected chi connectivity index (χ3v) is 4.59. The van der Waals surface area contributed by atoms with Crippen LogP contribution < -0.4 is 4.90 Å². The molecule has 24 heavy (non-hydrogen) atoms. The van der Waals surface area contributed by atoms with E-state index in [1.807, 2.05) is 48.5 Å². The molecule has 1 heterocycles. The summed E-state index contributed by atoms with van der Waals surface area (Å²) in [6, 6.07) is 18.3. The number of para-hydroxylation sites is 2. The molecule has 3 rings (SSSR count). The second kappa shape index (κ2) is 7.14. The zero-order valence-corrected chi connectivity index (χ0v) is 13.8. The van der Waals surface area contributed by atoms with Gasteiger partial charge in [-0.15, -0.1) is 0 Å². The van der Waals surface area contributed by atoms with Crippen LogP contribution in [-0.2, 0) is 15.6 Å². The highest BCUT2D eigenvalue weighted by molar-refractivity contribution is 7.85. The van der Waals surface area contributed by atoms with E-state index in [-0.39, 0.29) is 16.8 Å². The van der Waals surface area contributed by atoms with Crippen LogP contribution in [0.4, 0.5) is 5.69 Å². The Labute approximate surface area is 141 Å². The second-order valence-electron chi connectivity index (χ2n) is 4.99. The number of tetrazole rings is 1. The molecule has 1 atom stereocenters. The highest BCUT2D eigenvalue weighted by Crippen LogP contribution is 2.14. The molecule has 0 aliphatic heterocycles. The monoisotopic (exact) mass is 341 g/mol. The molecule has 1 unspecified atom stereocenters. The minimum Gasteiger partial charge on any atom is -0.315 e. The minimum atomic E-state index is -1.65. The highest BCUT2D eigenvalue weighted by atomic mass is 32.2. The van der Waals surface area contributed by atoms with Crippen LogP contribution in [0.3, 0.4) is 0 Å². The van der Waals surface area contributed by atoms with Gasteiger partial charge in [0.25, 0.3) is 0 Å². The van der Waals surface area contributed by atoms with Crippen molar-refractivity contribution in [1.29, 1.82) is 0 Å². The molecule has 0 aliphatic carbocycles. The lowest BCUT2D eigenvalue weighted by molar-refractivity contribution is -0.115. The summed E-state index contributed by atoms with van der Waals surface area (Å²) in [5.74, 6) is -0.472. The van der Waals surface area contributed by atoms with E-state index in [1.165, 1.54) is 9.58 Å². The molecule has 2 aromatic carbocycles. The van der Waals surface area contributed by atoms with Gasteiger partial charge in [-0.3, -0.25) is 9.00 Å². The standard InChI is InChI=1S/C16H15N5O2S/c1-20(13-8-4-2-5-9-13)15(22)12-24(23)16-17-18-19-21(16)14-10-6-3-7-11-14/h2-11H,12H2,1H3. The van der Waals surface area contributed by atoms with Gasteiger partial charge in [-0.05, 0) is 34.7 Å². The van der Waals surface area contributed by atoms with Crippen molar-refractivity contribution in [2.45, 2.75) is 5.16 Å². The molecule has 122 valence electrons. The molecule has 0 fully saturated rings. The van der Waals surface area contributed by atoms with Crippen LogP contribution in [0.2, 0.25) is 0 Å². The van der Waals surface area contributed by atoms with E-state index in [0.717, 1.165) is 5.69 Å². The number of carbonyl (C=O) groups is 1. The lowest BCUT2D eigenvalue weighted by atomic mass is 10.3. The van der Waals surface area contributed by atoms with E-state index in [1.54, 1.807) is 19.2 Å². The molecule has 0 N–H and O–H groups in total. The van der Waals surface area contributed by atoms with Crippen molar-refractivity contribution >= 4 is 22.4 Å². The Morgan fingerprint density at radius 1 is 1.08 bits per heavy atom. The van der Waals surface area contributed by atoms with Gasteiger partial charge < -0.3 is 4.90 Å². The molecule has 1 amide bonds. The van der Waals surface area contributed by atoms with E-state index in [4.69, 9.17) is 0 Å². The number of benzene rings is 2. The Hall–Kier alpha value is -2.87. The number of amides is 1. The molecule has 3 aromatic rings. The summed E-state index contributed by atoms with van der Waals surface area (Å²) >= 11 is 0. The third kappa shape index (κ3) is 3.38. The van der Waals surface area contributed by atoms with Crippen LogP contribution in [0.1, 0.15) is 0 Å². The molecule has 0 aliphatic rings. The number of anilines is 1. The van der Waals surface area contributed by atoms with Crippen molar-refractivity contribution in [2.75, 3.05) is 17.7 Å². The number of carbonyl (C=O) groups excluding carboxylic acids is 1. The maximum absolute atomic E-state index is 12.5. The lowest BCUT2D eigenvalue weighted by Crippen LogP contribution is -2.31. The molecule has 7 nitrogen and oxygen atoms in total. The van der Waals surface area contributed by atoms with Gasteiger partial charge >= 0.3 is 0 Å². The van der Waals surface area contributed by atoms with Crippen LogP contribution in [0, 0.1) is 0 Å². The van der Waals surface area contributed by atoms with Crippen molar-refractivity contribution in [3.63, 3.8) is 0 Å². The van der Waals surface area contributed by atoms with Crippen LogP contribution in [-0.4, -0.2) is 43.1 Å². The van der Waals surface area contributed by atoms with Gasteiger partial charge in [0.2, 0.25) is 11.1 Å². The molecular weight excluding hydrogens is 326 g/mol. The number of rotatable bonds is 5. The third-order valence-electron chi connectivity index (χ3n) is 3.42. The molecule has 0 bridgehead atoms. The van der Waals surface area contributed by atoms with E-state index in [0.29, 0.717) is 5.69 Å². The minimum absolute atomic E-state index is 0.149. The van der Waals surface area contributed by atoms with Crippen molar-refractivity contribution in [3.8, 4) is 5.69 Å². The van der Waals surface area contributed by atoms with E-state index >= 15 is 0 Å². The zero-order chi connectivity index (χ0) is 16.9. The van der Waals surface area contributed by atoms with Crippen molar-refractivity contribution in [3.05, 3.63) is 60.7 Å². The SMILES string of the molecule is CN(C(=O)CS(=O)c1nnnn1-c1ccccc1)c1ccccc1. The Morgan fingerprint density at radius 2 is 1.71 bits per heavy atom. The molecule has 0 saturated heterocycles. The largest absolute Gasteiger partial charge is 0.315 e. The average molecular weight is 341 g/mol. The topological polar surface area (TPSA) is 81.0 Å². The number of hydrogen-bond donors (Lipinski definition) is 0. The summed E-state index contributed by atoms with van der Waals surface area (Å²) < 4.78 is 13.9. The Kier molecular flexibility index (Phi) is 4.76. The fourth-order valence-electron chi connectivity index (χ4n) is 2.12. The van der Waals surface area contributed by atoms with Crippen LogP contribution in [0.15, 0.2) is 65.8 Å². The average Bonchev–Trinajstić information content (AvgIpc) is 3.12. The normalized spacial score (nSPS) is 11.9. The van der Waals surface area contributed by atoms with Gasteiger partial charge in [-0.2, -0.15) is 4.68 Å². The summed E-state index contributed by atoms with van der Waals surface area (Å²) in [4.78, 5) is 13.8. The first-order chi connectivity index (χ1) is 11.7. The molecular formula is C16H15N5O2S. The van der Waals surface area contributed by atoms with Crippen LogP contribution in [0.5, 0.6) is 0 Å². The first-order valence-electron chi connectivity index (χ1n) is 7.20. The number of aromatic nitrogens is 4. The second-order valence-corrected chi connectivity index (χ2v) is 6.33.